The number of aliphatic hydroxyl groups excluding tert-OH is 1. The molecule has 0 radical (unpaired) electrons. The van der Waals surface area contributed by atoms with Gasteiger partial charge in [0.05, 0.1) is 24.2 Å². The van der Waals surface area contributed by atoms with Crippen LogP contribution in [0.3, 0.4) is 0 Å². The first kappa shape index (κ1) is 14.0. The van der Waals surface area contributed by atoms with Gasteiger partial charge >= 0.3 is 5.97 Å². The molecule has 1 aromatic carbocycles. The van der Waals surface area contributed by atoms with Gasteiger partial charge in [0.2, 0.25) is 0 Å². The minimum absolute atomic E-state index is 0.0444. The first-order valence-corrected chi connectivity index (χ1v) is 6.81. The third kappa shape index (κ3) is 2.77. The smallest absolute Gasteiger partial charge is 0.303 e. The number of fused-ring (bicyclic) bond motifs is 1. The summed E-state index contributed by atoms with van der Waals surface area (Å²) in [5, 5.41) is 19.2. The summed E-state index contributed by atoms with van der Waals surface area (Å²) in [5.41, 5.74) is 1.34. The molecular weight excluding hydrogens is 277 g/mol. The summed E-state index contributed by atoms with van der Waals surface area (Å²) < 4.78 is 18.9. The molecule has 6 heteroatoms. The predicted octanol–water partition coefficient (Wildman–Crippen LogP) is 1.84. The quantitative estimate of drug-likeness (QED) is 0.899. The molecule has 1 fully saturated rings. The second-order valence-corrected chi connectivity index (χ2v) is 5.49. The molecular formula is C15H16FNO4. The normalized spacial score (nSPS) is 23.0. The summed E-state index contributed by atoms with van der Waals surface area (Å²) in [4.78, 5) is 12.7. The van der Waals surface area contributed by atoms with E-state index in [1.165, 1.54) is 12.3 Å². The van der Waals surface area contributed by atoms with E-state index in [1.807, 2.05) is 4.90 Å². The predicted molar refractivity (Wildman–Crippen MR) is 73.2 cm³/mol. The number of carbonyl (C=O) groups is 1. The molecule has 1 saturated heterocycles. The molecule has 5 nitrogen and oxygen atoms in total. The molecule has 2 aromatic rings. The minimum atomic E-state index is -0.906. The summed E-state index contributed by atoms with van der Waals surface area (Å²) in [6.07, 6.45) is 0.759. The van der Waals surface area contributed by atoms with Gasteiger partial charge in [0, 0.05) is 31.1 Å². The van der Waals surface area contributed by atoms with Gasteiger partial charge in [-0.1, -0.05) is 6.07 Å². The van der Waals surface area contributed by atoms with Gasteiger partial charge in [-0.25, -0.2) is 4.39 Å². The van der Waals surface area contributed by atoms with Crippen LogP contribution in [0.15, 0.2) is 28.9 Å². The van der Waals surface area contributed by atoms with Crippen molar-refractivity contribution in [1.82, 2.24) is 4.90 Å². The molecule has 21 heavy (non-hydrogen) atoms. The molecule has 1 aliphatic rings. The fourth-order valence-corrected chi connectivity index (χ4v) is 2.95. The molecule has 0 spiro atoms. The Hall–Kier alpha value is -1.92. The molecule has 3 rings (SSSR count). The van der Waals surface area contributed by atoms with Crippen LogP contribution < -0.4 is 0 Å². The highest BCUT2D eigenvalue weighted by atomic mass is 19.1. The lowest BCUT2D eigenvalue weighted by Crippen LogP contribution is -2.21. The van der Waals surface area contributed by atoms with E-state index >= 15 is 0 Å². The van der Waals surface area contributed by atoms with E-state index in [4.69, 9.17) is 9.52 Å². The summed E-state index contributed by atoms with van der Waals surface area (Å²) in [6.45, 7) is 1.42. The van der Waals surface area contributed by atoms with E-state index in [0.29, 0.717) is 30.6 Å². The highest BCUT2D eigenvalue weighted by Crippen LogP contribution is 2.27. The van der Waals surface area contributed by atoms with Crippen molar-refractivity contribution in [1.29, 1.82) is 0 Å². The van der Waals surface area contributed by atoms with Crippen LogP contribution in [-0.2, 0) is 11.3 Å². The van der Waals surface area contributed by atoms with E-state index in [9.17, 15) is 14.3 Å². The van der Waals surface area contributed by atoms with Gasteiger partial charge in [-0.15, -0.1) is 0 Å². The van der Waals surface area contributed by atoms with Gasteiger partial charge in [0.25, 0.3) is 0 Å². The molecule has 1 aromatic heterocycles. The highest BCUT2D eigenvalue weighted by molar-refractivity contribution is 5.80. The summed E-state index contributed by atoms with van der Waals surface area (Å²) in [5.74, 6) is -1.50. The molecule has 2 N–H and O–H groups in total. The van der Waals surface area contributed by atoms with Crippen LogP contribution in [-0.4, -0.2) is 40.3 Å². The van der Waals surface area contributed by atoms with E-state index in [1.54, 1.807) is 12.1 Å². The summed E-state index contributed by atoms with van der Waals surface area (Å²) in [7, 11) is 0. The number of likely N-dealkylation sites (tertiary alicyclic amines) is 1. The maximum absolute atomic E-state index is 13.6. The Morgan fingerprint density at radius 1 is 1.38 bits per heavy atom. The first-order chi connectivity index (χ1) is 10.0. The van der Waals surface area contributed by atoms with Gasteiger partial charge in [-0.2, -0.15) is 0 Å². The number of rotatable bonds is 4. The fraction of sp³-hybridized carbons (Fsp3) is 0.400. The van der Waals surface area contributed by atoms with E-state index in [-0.39, 0.29) is 18.2 Å². The van der Waals surface area contributed by atoms with Gasteiger partial charge in [0.15, 0.2) is 0 Å². The maximum Gasteiger partial charge on any atom is 0.303 e. The maximum atomic E-state index is 13.6. The Kier molecular flexibility index (Phi) is 3.65. The number of hydrogen-bond donors (Lipinski definition) is 2. The number of β-amino-alcohol motifs (C(OH)–C–C–N with tert-alkyl or cyclic N) is 1. The topological polar surface area (TPSA) is 73.9 Å². The second-order valence-electron chi connectivity index (χ2n) is 5.49. The van der Waals surface area contributed by atoms with Crippen molar-refractivity contribution >= 4 is 16.9 Å². The molecule has 112 valence electrons. The van der Waals surface area contributed by atoms with Crippen molar-refractivity contribution in [2.75, 3.05) is 13.1 Å². The number of furan rings is 1. The number of aliphatic carboxylic acids is 1. The van der Waals surface area contributed by atoms with Crippen molar-refractivity contribution in [2.45, 2.75) is 19.1 Å². The average molecular weight is 293 g/mol. The standard InChI is InChI=1S/C15H16FNO4/c16-12-2-1-9(15-11(12)3-4-21-15)6-17-7-10(5-14(19)20)13(18)8-17/h1-4,10,13,18H,5-8H2,(H,19,20)/t10-,13-/m1/s1. The van der Waals surface area contributed by atoms with E-state index < -0.39 is 12.1 Å². The zero-order chi connectivity index (χ0) is 15.0. The molecule has 0 saturated carbocycles. The van der Waals surface area contributed by atoms with Crippen LogP contribution in [0.25, 0.3) is 11.0 Å². The Labute approximate surface area is 120 Å². The van der Waals surface area contributed by atoms with Crippen LogP contribution in [0, 0.1) is 11.7 Å². The summed E-state index contributed by atoms with van der Waals surface area (Å²) in [6, 6.07) is 4.65. The number of carboxylic acids is 1. The van der Waals surface area contributed by atoms with E-state index in [0.717, 1.165) is 5.56 Å². The van der Waals surface area contributed by atoms with Crippen molar-refractivity contribution in [3.05, 3.63) is 35.8 Å². The number of nitrogens with zero attached hydrogens (tertiary/aromatic N) is 1. The number of aliphatic hydroxyl groups is 1. The van der Waals surface area contributed by atoms with Gasteiger partial charge in [-0.3, -0.25) is 9.69 Å². The zero-order valence-electron chi connectivity index (χ0n) is 11.3. The number of hydrogen-bond acceptors (Lipinski definition) is 4. The first-order valence-electron chi connectivity index (χ1n) is 6.81. The van der Waals surface area contributed by atoms with E-state index in [2.05, 4.69) is 0 Å². The third-order valence-electron chi connectivity index (χ3n) is 3.96. The summed E-state index contributed by atoms with van der Waals surface area (Å²) >= 11 is 0. The van der Waals surface area contributed by atoms with Crippen LogP contribution in [0.5, 0.6) is 0 Å². The van der Waals surface area contributed by atoms with Crippen LogP contribution in [0.1, 0.15) is 12.0 Å². The van der Waals surface area contributed by atoms with Crippen LogP contribution in [0.2, 0.25) is 0 Å². The zero-order valence-corrected chi connectivity index (χ0v) is 11.3. The molecule has 2 atom stereocenters. The fourth-order valence-electron chi connectivity index (χ4n) is 2.95. The minimum Gasteiger partial charge on any atom is -0.481 e. The lowest BCUT2D eigenvalue weighted by molar-refractivity contribution is -0.138. The Morgan fingerprint density at radius 2 is 2.19 bits per heavy atom. The molecule has 2 heterocycles. The highest BCUT2D eigenvalue weighted by Gasteiger charge is 2.33. The lowest BCUT2D eigenvalue weighted by Gasteiger charge is -2.15. The van der Waals surface area contributed by atoms with Crippen LogP contribution >= 0.6 is 0 Å². The monoisotopic (exact) mass is 293 g/mol. The molecule has 0 aliphatic carbocycles. The lowest BCUT2D eigenvalue weighted by atomic mass is 10.0. The van der Waals surface area contributed by atoms with Gasteiger partial charge in [0.1, 0.15) is 11.4 Å². The molecule has 1 aliphatic heterocycles. The molecule has 0 amide bonds. The van der Waals surface area contributed by atoms with Crippen molar-refractivity contribution < 1.29 is 23.8 Å². The third-order valence-corrected chi connectivity index (χ3v) is 3.96. The van der Waals surface area contributed by atoms with Crippen LogP contribution in [0.4, 0.5) is 4.39 Å². The molecule has 0 bridgehead atoms. The van der Waals surface area contributed by atoms with Crippen molar-refractivity contribution in [2.24, 2.45) is 5.92 Å². The largest absolute Gasteiger partial charge is 0.481 e. The Balaban J connectivity index is 1.76. The number of halogens is 1. The Morgan fingerprint density at radius 3 is 2.95 bits per heavy atom. The molecule has 0 unspecified atom stereocenters. The second kappa shape index (κ2) is 5.46. The number of carboxylic acid groups (broad SMARTS) is 1. The van der Waals surface area contributed by atoms with Gasteiger partial charge in [-0.05, 0) is 12.1 Å². The average Bonchev–Trinajstić information content (AvgIpc) is 3.01. The van der Waals surface area contributed by atoms with Crippen molar-refractivity contribution in [3.8, 4) is 0 Å². The van der Waals surface area contributed by atoms with Gasteiger partial charge < -0.3 is 14.6 Å². The number of benzene rings is 1. The van der Waals surface area contributed by atoms with Crippen molar-refractivity contribution in [3.63, 3.8) is 0 Å². The Bertz CT molecular complexity index is 669. The SMILES string of the molecule is O=C(O)C[C@@H]1CN(Cc2ccc(F)c3ccoc23)C[C@H]1O.